The van der Waals surface area contributed by atoms with Crippen molar-refractivity contribution in [2.24, 2.45) is 0 Å². The molecule has 8 rings (SSSR count). The topological polar surface area (TPSA) is 16.1 Å². The number of nitrogens with zero attached hydrogens (tertiary/aromatic N) is 2. The third kappa shape index (κ3) is 4.32. The maximum atomic E-state index is 5.04. The number of anilines is 3. The van der Waals surface area contributed by atoms with Gasteiger partial charge >= 0.3 is 0 Å². The molecule has 0 radical (unpaired) electrons. The van der Waals surface area contributed by atoms with Crippen LogP contribution in [0.25, 0.3) is 53.2 Å². The van der Waals surface area contributed by atoms with Crippen molar-refractivity contribution in [3.05, 3.63) is 158 Å². The summed E-state index contributed by atoms with van der Waals surface area (Å²) in [6.45, 7) is 0. The molecule has 0 fully saturated rings. The first-order valence-electron chi connectivity index (χ1n) is 14.1. The van der Waals surface area contributed by atoms with Gasteiger partial charge in [0.05, 0.1) is 0 Å². The van der Waals surface area contributed by atoms with E-state index in [1.807, 2.05) is 17.5 Å². The number of hydrogen-bond acceptors (Lipinski definition) is 3. The van der Waals surface area contributed by atoms with Gasteiger partial charge in [0.15, 0.2) is 0 Å². The first-order valence-corrected chi connectivity index (χ1v) is 14.9. The zero-order valence-electron chi connectivity index (χ0n) is 22.8. The smallest absolute Gasteiger partial charge is 0.146 e. The van der Waals surface area contributed by atoms with Gasteiger partial charge in [0.2, 0.25) is 0 Å². The van der Waals surface area contributed by atoms with Crippen LogP contribution in [-0.2, 0) is 0 Å². The van der Waals surface area contributed by atoms with Gasteiger partial charge in [-0.1, -0.05) is 109 Å². The van der Waals surface area contributed by atoms with Gasteiger partial charge in [-0.05, 0) is 75.5 Å². The van der Waals surface area contributed by atoms with Gasteiger partial charge < -0.3 is 0 Å². The van der Waals surface area contributed by atoms with Gasteiger partial charge in [0, 0.05) is 37.7 Å². The third-order valence-corrected chi connectivity index (χ3v) is 9.04. The standard InChI is InChI=1S/C39H26N2S/c1-3-9-27(10-4-1)29-17-20-33(21-18-29)41(39-38-35-13-7-8-14-36(35)42-37(38)23-24-40-39)34-22-19-30-15-16-31(25-32(30)26-34)28-11-5-2-6-12-28/h1-26H. The highest BCUT2D eigenvalue weighted by Gasteiger charge is 2.20. The zero-order valence-corrected chi connectivity index (χ0v) is 23.6. The summed E-state index contributed by atoms with van der Waals surface area (Å²) in [7, 11) is 0. The molecule has 0 N–H and O–H groups in total. The third-order valence-electron chi connectivity index (χ3n) is 7.90. The molecule has 0 saturated heterocycles. The second-order valence-electron chi connectivity index (χ2n) is 10.5. The van der Waals surface area contributed by atoms with Crippen molar-refractivity contribution < 1.29 is 0 Å². The molecular formula is C39H26N2S. The van der Waals surface area contributed by atoms with Gasteiger partial charge in [-0.2, -0.15) is 0 Å². The number of fused-ring (bicyclic) bond motifs is 4. The number of pyridine rings is 1. The SMILES string of the molecule is c1ccc(-c2ccc(N(c3ccc4ccc(-c5ccccc5)cc4c3)c3nccc4sc5ccccc5c34)cc2)cc1. The number of aromatic nitrogens is 1. The lowest BCUT2D eigenvalue weighted by molar-refractivity contribution is 1.21. The number of thiophene rings is 1. The van der Waals surface area contributed by atoms with Crippen LogP contribution in [0.1, 0.15) is 0 Å². The van der Waals surface area contributed by atoms with Crippen LogP contribution < -0.4 is 4.90 Å². The molecule has 3 heteroatoms. The minimum absolute atomic E-state index is 0.941. The Labute approximate surface area is 248 Å². The molecular weight excluding hydrogens is 529 g/mol. The van der Waals surface area contributed by atoms with Crippen molar-refractivity contribution in [1.29, 1.82) is 0 Å². The quantitative estimate of drug-likeness (QED) is 0.210. The molecule has 2 heterocycles. The molecule has 0 atom stereocenters. The summed E-state index contributed by atoms with van der Waals surface area (Å²) in [5, 5.41) is 4.83. The monoisotopic (exact) mass is 554 g/mol. The fourth-order valence-electron chi connectivity index (χ4n) is 5.83. The summed E-state index contributed by atoms with van der Waals surface area (Å²) in [5.74, 6) is 0.941. The predicted molar refractivity (Wildman–Crippen MR) is 180 cm³/mol. The maximum absolute atomic E-state index is 5.04. The highest BCUT2D eigenvalue weighted by Crippen LogP contribution is 2.44. The number of rotatable bonds is 5. The minimum Gasteiger partial charge on any atom is -0.294 e. The van der Waals surface area contributed by atoms with E-state index in [9.17, 15) is 0 Å². The van der Waals surface area contributed by atoms with E-state index in [0.717, 1.165) is 17.2 Å². The first-order chi connectivity index (χ1) is 20.8. The lowest BCUT2D eigenvalue weighted by Gasteiger charge is -2.26. The van der Waals surface area contributed by atoms with E-state index < -0.39 is 0 Å². The summed E-state index contributed by atoms with van der Waals surface area (Å²) >= 11 is 1.82. The van der Waals surface area contributed by atoms with Crippen LogP contribution >= 0.6 is 11.3 Å². The van der Waals surface area contributed by atoms with Crippen LogP contribution in [0.3, 0.4) is 0 Å². The highest BCUT2D eigenvalue weighted by molar-refractivity contribution is 7.25. The van der Waals surface area contributed by atoms with E-state index in [-0.39, 0.29) is 0 Å². The molecule has 0 amide bonds. The average Bonchev–Trinajstić information content (AvgIpc) is 3.45. The molecule has 0 saturated carbocycles. The molecule has 2 nitrogen and oxygen atoms in total. The fraction of sp³-hybridized carbons (Fsp3) is 0. The van der Waals surface area contributed by atoms with Crippen LogP contribution in [0.5, 0.6) is 0 Å². The van der Waals surface area contributed by atoms with Crippen molar-refractivity contribution >= 4 is 59.5 Å². The van der Waals surface area contributed by atoms with E-state index in [0.29, 0.717) is 0 Å². The van der Waals surface area contributed by atoms with Crippen molar-refractivity contribution in [3.63, 3.8) is 0 Å². The molecule has 2 aromatic heterocycles. The Morgan fingerprint density at radius 1 is 0.452 bits per heavy atom. The van der Waals surface area contributed by atoms with Crippen LogP contribution in [0, 0.1) is 0 Å². The summed E-state index contributed by atoms with van der Waals surface area (Å²) in [5.41, 5.74) is 6.98. The van der Waals surface area contributed by atoms with Crippen molar-refractivity contribution in [2.45, 2.75) is 0 Å². The van der Waals surface area contributed by atoms with E-state index in [4.69, 9.17) is 4.98 Å². The Kier molecular flexibility index (Phi) is 6.02. The van der Waals surface area contributed by atoms with Gasteiger partial charge in [0.25, 0.3) is 0 Å². The number of hydrogen-bond donors (Lipinski definition) is 0. The molecule has 0 aliphatic rings. The molecule has 6 aromatic carbocycles. The van der Waals surface area contributed by atoms with E-state index in [1.54, 1.807) is 0 Å². The Bertz CT molecular complexity index is 2180. The van der Waals surface area contributed by atoms with Gasteiger partial charge in [0.1, 0.15) is 5.82 Å². The molecule has 0 bridgehead atoms. The van der Waals surface area contributed by atoms with Crippen LogP contribution in [0.2, 0.25) is 0 Å². The molecule has 8 aromatic rings. The maximum Gasteiger partial charge on any atom is 0.146 e. The van der Waals surface area contributed by atoms with Crippen LogP contribution in [0.4, 0.5) is 17.2 Å². The lowest BCUT2D eigenvalue weighted by atomic mass is 10.0. The summed E-state index contributed by atoms with van der Waals surface area (Å²) in [4.78, 5) is 7.35. The predicted octanol–water partition coefficient (Wildman–Crippen LogP) is 11.4. The van der Waals surface area contributed by atoms with Crippen molar-refractivity contribution in [1.82, 2.24) is 4.98 Å². The molecule has 0 spiro atoms. The average molecular weight is 555 g/mol. The van der Waals surface area contributed by atoms with Gasteiger partial charge in [-0.15, -0.1) is 11.3 Å². The second-order valence-corrected chi connectivity index (χ2v) is 11.6. The van der Waals surface area contributed by atoms with Crippen molar-refractivity contribution in [2.75, 3.05) is 4.90 Å². The minimum atomic E-state index is 0.941. The lowest BCUT2D eigenvalue weighted by Crippen LogP contribution is -2.12. The Hall–Kier alpha value is -5.25. The van der Waals surface area contributed by atoms with Crippen molar-refractivity contribution in [3.8, 4) is 22.3 Å². The summed E-state index contributed by atoms with van der Waals surface area (Å²) < 4.78 is 2.51. The number of benzene rings is 6. The normalized spacial score (nSPS) is 11.3. The molecule has 42 heavy (non-hydrogen) atoms. The van der Waals surface area contributed by atoms with Gasteiger partial charge in [-0.3, -0.25) is 4.90 Å². The summed E-state index contributed by atoms with van der Waals surface area (Å²) in [6.07, 6.45) is 1.94. The van der Waals surface area contributed by atoms with Crippen LogP contribution in [0.15, 0.2) is 158 Å². The Morgan fingerprint density at radius 2 is 1.07 bits per heavy atom. The van der Waals surface area contributed by atoms with Gasteiger partial charge in [-0.25, -0.2) is 4.98 Å². The van der Waals surface area contributed by atoms with E-state index in [1.165, 1.54) is 53.2 Å². The Balaban J connectivity index is 1.34. The molecule has 0 aliphatic heterocycles. The molecule has 0 unspecified atom stereocenters. The van der Waals surface area contributed by atoms with Crippen LogP contribution in [-0.4, -0.2) is 4.98 Å². The van der Waals surface area contributed by atoms with E-state index >= 15 is 0 Å². The molecule has 198 valence electrons. The highest BCUT2D eigenvalue weighted by atomic mass is 32.1. The fourth-order valence-corrected chi connectivity index (χ4v) is 6.93. The zero-order chi connectivity index (χ0) is 27.9. The largest absolute Gasteiger partial charge is 0.294 e. The Morgan fingerprint density at radius 3 is 1.86 bits per heavy atom. The molecule has 0 aliphatic carbocycles. The second kappa shape index (κ2) is 10.3. The first kappa shape index (κ1) is 24.5. The van der Waals surface area contributed by atoms with E-state index in [2.05, 4.69) is 157 Å². The summed E-state index contributed by atoms with van der Waals surface area (Å²) in [6, 6.07) is 54.1.